The van der Waals surface area contributed by atoms with E-state index in [9.17, 15) is 0 Å². The van der Waals surface area contributed by atoms with Crippen molar-refractivity contribution in [3.8, 4) is 5.75 Å². The zero-order valence-electron chi connectivity index (χ0n) is 9.75. The molecule has 2 bridgehead atoms. The Bertz CT molecular complexity index is 408. The lowest BCUT2D eigenvalue weighted by atomic mass is 9.91. The first kappa shape index (κ1) is 10.1. The van der Waals surface area contributed by atoms with Crippen molar-refractivity contribution in [2.45, 2.75) is 25.0 Å². The fourth-order valence-electron chi connectivity index (χ4n) is 2.80. The molecule has 2 atom stereocenters. The average molecular weight is 219 g/mol. The summed E-state index contributed by atoms with van der Waals surface area (Å²) in [6.07, 6.45) is 1.10. The standard InChI is InChI=1S/C13H17NO2/c1-9-5-10(3-4-12(9)15-2)13-6-11(7-16-13)14-8-13/h3-5,11,14H,6-8H2,1-2H3. The molecular formula is C13H17NO2. The minimum atomic E-state index is -0.0816. The van der Waals surface area contributed by atoms with Crippen molar-refractivity contribution in [3.05, 3.63) is 29.3 Å². The lowest BCUT2D eigenvalue weighted by Crippen LogP contribution is -2.37. The summed E-state index contributed by atoms with van der Waals surface area (Å²) in [6.45, 7) is 3.85. The number of morpholine rings is 1. The van der Waals surface area contributed by atoms with Gasteiger partial charge in [-0.3, -0.25) is 0 Å². The Morgan fingerprint density at radius 1 is 1.50 bits per heavy atom. The summed E-state index contributed by atoms with van der Waals surface area (Å²) in [4.78, 5) is 0. The molecule has 0 saturated carbocycles. The molecule has 2 heterocycles. The monoisotopic (exact) mass is 219 g/mol. The topological polar surface area (TPSA) is 30.5 Å². The molecule has 0 aromatic heterocycles. The summed E-state index contributed by atoms with van der Waals surface area (Å²) >= 11 is 0. The predicted octanol–water partition coefficient (Wildman–Crippen LogP) is 1.59. The van der Waals surface area contributed by atoms with Crippen LogP contribution >= 0.6 is 0 Å². The van der Waals surface area contributed by atoms with Crippen LogP contribution in [-0.2, 0) is 10.3 Å². The number of hydrogen-bond donors (Lipinski definition) is 1. The number of fused-ring (bicyclic) bond motifs is 2. The lowest BCUT2D eigenvalue weighted by molar-refractivity contribution is -0.00964. The summed E-state index contributed by atoms with van der Waals surface area (Å²) < 4.78 is 11.2. The highest BCUT2D eigenvalue weighted by Gasteiger charge is 2.47. The smallest absolute Gasteiger partial charge is 0.121 e. The largest absolute Gasteiger partial charge is 0.496 e. The summed E-state index contributed by atoms with van der Waals surface area (Å²) in [5.41, 5.74) is 2.37. The van der Waals surface area contributed by atoms with Gasteiger partial charge in [0, 0.05) is 12.6 Å². The molecular weight excluding hydrogens is 202 g/mol. The van der Waals surface area contributed by atoms with E-state index in [2.05, 4.69) is 24.4 Å². The van der Waals surface area contributed by atoms with Gasteiger partial charge in [0.1, 0.15) is 11.4 Å². The molecule has 2 fully saturated rings. The molecule has 0 amide bonds. The Balaban J connectivity index is 1.98. The maximum atomic E-state index is 5.95. The third kappa shape index (κ3) is 1.35. The van der Waals surface area contributed by atoms with Gasteiger partial charge in [-0.15, -0.1) is 0 Å². The van der Waals surface area contributed by atoms with Crippen molar-refractivity contribution in [2.24, 2.45) is 0 Å². The van der Waals surface area contributed by atoms with E-state index in [1.165, 1.54) is 11.1 Å². The maximum Gasteiger partial charge on any atom is 0.121 e. The van der Waals surface area contributed by atoms with Gasteiger partial charge in [-0.05, 0) is 36.6 Å². The predicted molar refractivity (Wildman–Crippen MR) is 61.8 cm³/mol. The molecule has 0 radical (unpaired) electrons. The van der Waals surface area contributed by atoms with Crippen LogP contribution in [0.5, 0.6) is 5.75 Å². The normalized spacial score (nSPS) is 32.0. The fourth-order valence-corrected chi connectivity index (χ4v) is 2.80. The van der Waals surface area contributed by atoms with Crippen LogP contribution in [0.25, 0.3) is 0 Å². The number of rotatable bonds is 2. The number of benzene rings is 1. The summed E-state index contributed by atoms with van der Waals surface area (Å²) in [7, 11) is 1.71. The third-order valence-corrected chi connectivity index (χ3v) is 3.73. The van der Waals surface area contributed by atoms with Gasteiger partial charge < -0.3 is 14.8 Å². The van der Waals surface area contributed by atoms with E-state index in [-0.39, 0.29) is 5.60 Å². The van der Waals surface area contributed by atoms with Crippen LogP contribution in [-0.4, -0.2) is 26.3 Å². The van der Waals surface area contributed by atoms with Crippen LogP contribution in [0.2, 0.25) is 0 Å². The highest BCUT2D eigenvalue weighted by Crippen LogP contribution is 2.41. The van der Waals surface area contributed by atoms with E-state index in [1.54, 1.807) is 7.11 Å². The number of methoxy groups -OCH3 is 1. The number of ether oxygens (including phenoxy) is 2. The third-order valence-electron chi connectivity index (χ3n) is 3.73. The van der Waals surface area contributed by atoms with Crippen LogP contribution in [0.3, 0.4) is 0 Å². The molecule has 1 aromatic carbocycles. The Labute approximate surface area is 95.8 Å². The van der Waals surface area contributed by atoms with Crippen LogP contribution in [0.4, 0.5) is 0 Å². The molecule has 3 nitrogen and oxygen atoms in total. The van der Waals surface area contributed by atoms with Crippen LogP contribution in [0.1, 0.15) is 17.5 Å². The molecule has 3 rings (SSSR count). The quantitative estimate of drug-likeness (QED) is 0.819. The van der Waals surface area contributed by atoms with E-state index < -0.39 is 0 Å². The zero-order valence-corrected chi connectivity index (χ0v) is 9.75. The Morgan fingerprint density at radius 3 is 2.88 bits per heavy atom. The molecule has 2 saturated heterocycles. The lowest BCUT2D eigenvalue weighted by Gasteiger charge is -2.27. The van der Waals surface area contributed by atoms with Gasteiger partial charge in [0.2, 0.25) is 0 Å². The molecule has 1 N–H and O–H groups in total. The van der Waals surface area contributed by atoms with E-state index in [4.69, 9.17) is 9.47 Å². The van der Waals surface area contributed by atoms with Crippen molar-refractivity contribution >= 4 is 0 Å². The first-order chi connectivity index (χ1) is 7.73. The minimum absolute atomic E-state index is 0.0816. The Kier molecular flexibility index (Phi) is 2.19. The van der Waals surface area contributed by atoms with Gasteiger partial charge in [-0.1, -0.05) is 6.07 Å². The van der Waals surface area contributed by atoms with Gasteiger partial charge in [0.05, 0.1) is 13.7 Å². The van der Waals surface area contributed by atoms with Crippen molar-refractivity contribution in [1.29, 1.82) is 0 Å². The van der Waals surface area contributed by atoms with Crippen molar-refractivity contribution in [1.82, 2.24) is 5.32 Å². The van der Waals surface area contributed by atoms with Crippen molar-refractivity contribution in [2.75, 3.05) is 20.3 Å². The van der Waals surface area contributed by atoms with Gasteiger partial charge in [-0.2, -0.15) is 0 Å². The summed E-state index contributed by atoms with van der Waals surface area (Å²) in [5, 5.41) is 3.49. The molecule has 0 aliphatic carbocycles. The van der Waals surface area contributed by atoms with E-state index in [1.807, 2.05) is 6.07 Å². The first-order valence-electron chi connectivity index (χ1n) is 5.76. The number of hydrogen-bond acceptors (Lipinski definition) is 3. The van der Waals surface area contributed by atoms with E-state index >= 15 is 0 Å². The highest BCUT2D eigenvalue weighted by atomic mass is 16.5. The fraction of sp³-hybridized carbons (Fsp3) is 0.538. The summed E-state index contributed by atoms with van der Waals surface area (Å²) in [6, 6.07) is 6.89. The van der Waals surface area contributed by atoms with E-state index in [0.29, 0.717) is 6.04 Å². The summed E-state index contributed by atoms with van der Waals surface area (Å²) in [5.74, 6) is 0.945. The van der Waals surface area contributed by atoms with Gasteiger partial charge in [-0.25, -0.2) is 0 Å². The van der Waals surface area contributed by atoms with Crippen molar-refractivity contribution in [3.63, 3.8) is 0 Å². The maximum absolute atomic E-state index is 5.95. The van der Waals surface area contributed by atoms with Gasteiger partial charge >= 0.3 is 0 Å². The van der Waals surface area contributed by atoms with E-state index in [0.717, 1.165) is 25.3 Å². The Hall–Kier alpha value is -1.06. The second-order valence-corrected chi connectivity index (χ2v) is 4.77. The van der Waals surface area contributed by atoms with Crippen LogP contribution in [0.15, 0.2) is 18.2 Å². The minimum Gasteiger partial charge on any atom is -0.496 e. The molecule has 1 aromatic rings. The molecule has 3 heteroatoms. The van der Waals surface area contributed by atoms with Gasteiger partial charge in [0.15, 0.2) is 0 Å². The number of nitrogens with one attached hydrogen (secondary N) is 1. The second-order valence-electron chi connectivity index (χ2n) is 4.77. The number of aryl methyl sites for hydroxylation is 1. The molecule has 2 aliphatic rings. The second kappa shape index (κ2) is 3.47. The molecule has 2 unspecified atom stereocenters. The molecule has 16 heavy (non-hydrogen) atoms. The van der Waals surface area contributed by atoms with Crippen molar-refractivity contribution < 1.29 is 9.47 Å². The Morgan fingerprint density at radius 2 is 2.38 bits per heavy atom. The average Bonchev–Trinajstić information content (AvgIpc) is 2.90. The highest BCUT2D eigenvalue weighted by molar-refractivity contribution is 5.39. The SMILES string of the molecule is COc1ccc(C23CNC(CO2)C3)cc1C. The molecule has 0 spiro atoms. The molecule has 2 aliphatic heterocycles. The molecule has 86 valence electrons. The zero-order chi connectivity index (χ0) is 11.2. The first-order valence-corrected chi connectivity index (χ1v) is 5.76. The van der Waals surface area contributed by atoms with Crippen LogP contribution < -0.4 is 10.1 Å². The van der Waals surface area contributed by atoms with Crippen LogP contribution in [0, 0.1) is 6.92 Å². The van der Waals surface area contributed by atoms with Gasteiger partial charge in [0.25, 0.3) is 0 Å².